The fourth-order valence-corrected chi connectivity index (χ4v) is 2.49. The van der Waals surface area contributed by atoms with Gasteiger partial charge in [-0.05, 0) is 42.4 Å². The summed E-state index contributed by atoms with van der Waals surface area (Å²) in [5, 5.41) is 0. The monoisotopic (exact) mass is 330 g/mol. The van der Waals surface area contributed by atoms with Crippen molar-refractivity contribution in [3.8, 4) is 5.75 Å². The number of halogens is 1. The Bertz CT molecular complexity index is 691. The highest BCUT2D eigenvalue weighted by molar-refractivity contribution is 5.78. The van der Waals surface area contributed by atoms with Gasteiger partial charge in [0.25, 0.3) is 0 Å². The molecular formula is C19H23FN2O2. The van der Waals surface area contributed by atoms with Gasteiger partial charge in [-0.15, -0.1) is 0 Å². The fourth-order valence-electron chi connectivity index (χ4n) is 2.49. The van der Waals surface area contributed by atoms with Gasteiger partial charge in [-0.1, -0.05) is 24.3 Å². The van der Waals surface area contributed by atoms with Gasteiger partial charge in [-0.25, -0.2) is 4.39 Å². The number of hydrogen-bond acceptors (Lipinski definition) is 3. The molecule has 1 amide bonds. The highest BCUT2D eigenvalue weighted by Gasteiger charge is 2.13. The molecule has 0 N–H and O–H groups in total. The van der Waals surface area contributed by atoms with Crippen molar-refractivity contribution in [3.05, 3.63) is 65.5 Å². The minimum absolute atomic E-state index is 0.0109. The van der Waals surface area contributed by atoms with Gasteiger partial charge in [0.05, 0.1) is 13.7 Å². The van der Waals surface area contributed by atoms with E-state index >= 15 is 0 Å². The number of methoxy groups -OCH3 is 1. The lowest BCUT2D eigenvalue weighted by atomic mass is 10.2. The molecule has 0 aliphatic heterocycles. The third-order valence-electron chi connectivity index (χ3n) is 3.73. The fraction of sp³-hybridized carbons (Fsp3) is 0.316. The number of benzene rings is 2. The van der Waals surface area contributed by atoms with E-state index in [1.54, 1.807) is 25.1 Å². The molecule has 0 saturated carbocycles. The Morgan fingerprint density at radius 1 is 1.04 bits per heavy atom. The quantitative estimate of drug-likeness (QED) is 0.782. The zero-order valence-corrected chi connectivity index (χ0v) is 14.3. The number of ether oxygens (including phenoxy) is 1. The van der Waals surface area contributed by atoms with E-state index in [0.717, 1.165) is 16.9 Å². The maximum Gasteiger partial charge on any atom is 0.236 e. The van der Waals surface area contributed by atoms with Crippen molar-refractivity contribution < 1.29 is 13.9 Å². The average Bonchev–Trinajstić information content (AvgIpc) is 2.54. The van der Waals surface area contributed by atoms with Crippen LogP contribution in [0.4, 0.5) is 4.39 Å². The summed E-state index contributed by atoms with van der Waals surface area (Å²) in [5.74, 6) is 0.524. The van der Waals surface area contributed by atoms with Crippen molar-refractivity contribution >= 4 is 5.91 Å². The van der Waals surface area contributed by atoms with Gasteiger partial charge in [0.2, 0.25) is 5.91 Å². The summed E-state index contributed by atoms with van der Waals surface area (Å²) < 4.78 is 18.4. The number of nitrogens with zero attached hydrogens (tertiary/aromatic N) is 2. The number of rotatable bonds is 7. The summed E-state index contributed by atoms with van der Waals surface area (Å²) in [6, 6.07) is 14.1. The Labute approximate surface area is 142 Å². The van der Waals surface area contributed by atoms with Crippen LogP contribution in [0, 0.1) is 5.82 Å². The van der Waals surface area contributed by atoms with E-state index in [4.69, 9.17) is 4.74 Å². The third kappa shape index (κ3) is 5.35. The van der Waals surface area contributed by atoms with Crippen molar-refractivity contribution in [3.63, 3.8) is 0 Å². The van der Waals surface area contributed by atoms with Crippen LogP contribution in [0.2, 0.25) is 0 Å². The van der Waals surface area contributed by atoms with Gasteiger partial charge < -0.3 is 9.64 Å². The molecule has 2 aromatic rings. The summed E-state index contributed by atoms with van der Waals surface area (Å²) in [5.41, 5.74) is 1.86. The lowest BCUT2D eigenvalue weighted by Crippen LogP contribution is -2.36. The largest absolute Gasteiger partial charge is 0.497 e. The van der Waals surface area contributed by atoms with Crippen molar-refractivity contribution in [2.24, 2.45) is 0 Å². The van der Waals surface area contributed by atoms with Crippen LogP contribution in [-0.2, 0) is 17.9 Å². The van der Waals surface area contributed by atoms with Crippen molar-refractivity contribution in [2.45, 2.75) is 13.1 Å². The molecule has 4 nitrogen and oxygen atoms in total. The van der Waals surface area contributed by atoms with Crippen LogP contribution < -0.4 is 4.74 Å². The van der Waals surface area contributed by atoms with Gasteiger partial charge in [0.1, 0.15) is 11.6 Å². The third-order valence-corrected chi connectivity index (χ3v) is 3.73. The maximum atomic E-state index is 13.2. The van der Waals surface area contributed by atoms with Gasteiger partial charge in [0.15, 0.2) is 0 Å². The zero-order valence-electron chi connectivity index (χ0n) is 14.3. The molecule has 0 spiro atoms. The normalized spacial score (nSPS) is 10.7. The van der Waals surface area contributed by atoms with Crippen LogP contribution in [0.3, 0.4) is 0 Å². The van der Waals surface area contributed by atoms with Crippen LogP contribution >= 0.6 is 0 Å². The average molecular weight is 330 g/mol. The van der Waals surface area contributed by atoms with E-state index in [0.29, 0.717) is 13.1 Å². The summed E-state index contributed by atoms with van der Waals surface area (Å²) in [4.78, 5) is 15.9. The summed E-state index contributed by atoms with van der Waals surface area (Å²) >= 11 is 0. The molecule has 0 fully saturated rings. The predicted molar refractivity (Wildman–Crippen MR) is 92.2 cm³/mol. The first kappa shape index (κ1) is 17.9. The minimum atomic E-state index is -0.262. The van der Waals surface area contributed by atoms with Gasteiger partial charge in [-0.2, -0.15) is 0 Å². The maximum absolute atomic E-state index is 13.2. The predicted octanol–water partition coefficient (Wildman–Crippen LogP) is 2.92. The smallest absolute Gasteiger partial charge is 0.236 e. The topological polar surface area (TPSA) is 32.8 Å². The molecule has 0 radical (unpaired) electrons. The Hall–Kier alpha value is -2.40. The van der Waals surface area contributed by atoms with Crippen molar-refractivity contribution in [1.29, 1.82) is 0 Å². The van der Waals surface area contributed by atoms with Gasteiger partial charge >= 0.3 is 0 Å². The highest BCUT2D eigenvalue weighted by atomic mass is 19.1. The second-order valence-corrected chi connectivity index (χ2v) is 5.90. The summed E-state index contributed by atoms with van der Waals surface area (Å²) in [6.45, 7) is 1.32. The molecule has 5 heteroatoms. The van der Waals surface area contributed by atoms with E-state index in [1.165, 1.54) is 12.1 Å². The number of amides is 1. The lowest BCUT2D eigenvalue weighted by Gasteiger charge is -2.22. The molecule has 128 valence electrons. The van der Waals surface area contributed by atoms with E-state index in [-0.39, 0.29) is 18.3 Å². The second kappa shape index (κ2) is 8.45. The zero-order chi connectivity index (χ0) is 17.5. The molecule has 0 heterocycles. The highest BCUT2D eigenvalue weighted by Crippen LogP contribution is 2.14. The molecule has 0 aliphatic carbocycles. The Kier molecular flexibility index (Phi) is 6.32. The number of likely N-dealkylation sites (N-methyl/N-ethyl adjacent to an activating group) is 2. The molecule has 2 rings (SSSR count). The molecule has 0 atom stereocenters. The van der Waals surface area contributed by atoms with Crippen molar-refractivity contribution in [1.82, 2.24) is 9.80 Å². The second-order valence-electron chi connectivity index (χ2n) is 5.90. The van der Waals surface area contributed by atoms with E-state index < -0.39 is 0 Å². The van der Waals surface area contributed by atoms with Crippen LogP contribution in [0.1, 0.15) is 11.1 Å². The first-order valence-corrected chi connectivity index (χ1v) is 7.78. The van der Waals surface area contributed by atoms with E-state index in [2.05, 4.69) is 0 Å². The Morgan fingerprint density at radius 2 is 1.71 bits per heavy atom. The molecule has 0 bridgehead atoms. The molecule has 2 aromatic carbocycles. The SMILES string of the molecule is COc1cccc(CN(C)C(=O)CN(C)Cc2cccc(F)c2)c1. The number of carbonyl (C=O) groups is 1. The van der Waals surface area contributed by atoms with Crippen LogP contribution in [0.5, 0.6) is 5.75 Å². The van der Waals surface area contributed by atoms with Crippen LogP contribution in [0.25, 0.3) is 0 Å². The Morgan fingerprint density at radius 3 is 2.38 bits per heavy atom. The summed E-state index contributed by atoms with van der Waals surface area (Å²) in [6.07, 6.45) is 0. The lowest BCUT2D eigenvalue weighted by molar-refractivity contribution is -0.131. The molecule has 24 heavy (non-hydrogen) atoms. The van der Waals surface area contributed by atoms with Crippen LogP contribution in [-0.4, -0.2) is 43.5 Å². The van der Waals surface area contributed by atoms with Crippen LogP contribution in [0.15, 0.2) is 48.5 Å². The first-order valence-electron chi connectivity index (χ1n) is 7.78. The minimum Gasteiger partial charge on any atom is -0.497 e. The molecule has 0 unspecified atom stereocenters. The summed E-state index contributed by atoms with van der Waals surface area (Å²) in [7, 11) is 5.25. The first-order chi connectivity index (χ1) is 11.5. The standard InChI is InChI=1S/C19H23FN2O2/c1-21(12-15-6-4-8-17(20)10-15)14-19(23)22(2)13-16-7-5-9-18(11-16)24-3/h4-11H,12-14H2,1-3H3. The molecule has 0 aliphatic rings. The molecular weight excluding hydrogens is 307 g/mol. The van der Waals surface area contributed by atoms with E-state index in [9.17, 15) is 9.18 Å². The van der Waals surface area contributed by atoms with E-state index in [1.807, 2.05) is 42.3 Å². The van der Waals surface area contributed by atoms with Crippen molar-refractivity contribution in [2.75, 3.05) is 27.7 Å². The molecule has 0 saturated heterocycles. The van der Waals surface area contributed by atoms with Gasteiger partial charge in [-0.3, -0.25) is 9.69 Å². The number of carbonyl (C=O) groups excluding carboxylic acids is 1. The Balaban J connectivity index is 1.88. The van der Waals surface area contributed by atoms with Gasteiger partial charge in [0, 0.05) is 20.1 Å². The number of hydrogen-bond donors (Lipinski definition) is 0. The molecule has 0 aromatic heterocycles.